The van der Waals surface area contributed by atoms with Crippen LogP contribution in [-0.2, 0) is 0 Å². The molecule has 0 N–H and O–H groups in total. The highest BCUT2D eigenvalue weighted by Gasteiger charge is 2.12. The summed E-state index contributed by atoms with van der Waals surface area (Å²) in [5, 5.41) is 4.62. The maximum atomic E-state index is 6.11. The van der Waals surface area contributed by atoms with Gasteiger partial charge in [0.15, 0.2) is 0 Å². The number of fused-ring (bicyclic) bond motifs is 1. The maximum absolute atomic E-state index is 6.11. The first kappa shape index (κ1) is 10.2. The molecule has 2 rings (SSSR count). The van der Waals surface area contributed by atoms with Crippen LogP contribution in [0.4, 0.5) is 0 Å². The summed E-state index contributed by atoms with van der Waals surface area (Å²) in [4.78, 5) is 8.36. The van der Waals surface area contributed by atoms with Crippen LogP contribution < -0.4 is 4.74 Å². The van der Waals surface area contributed by atoms with E-state index in [9.17, 15) is 0 Å². The number of aromatic nitrogens is 4. The van der Waals surface area contributed by atoms with Gasteiger partial charge in [0, 0.05) is 11.3 Å². The monoisotopic (exact) mass is 226 g/mol. The molecule has 0 unspecified atom stereocenters. The summed E-state index contributed by atoms with van der Waals surface area (Å²) >= 11 is 6.11. The van der Waals surface area contributed by atoms with Crippen molar-refractivity contribution >= 4 is 17.4 Å². The first-order valence-electron chi connectivity index (χ1n) is 4.65. The van der Waals surface area contributed by atoms with E-state index in [1.165, 1.54) is 4.52 Å². The molecule has 15 heavy (non-hydrogen) atoms. The van der Waals surface area contributed by atoms with E-state index < -0.39 is 0 Å². The highest BCUT2D eigenvalue weighted by atomic mass is 35.5. The van der Waals surface area contributed by atoms with Gasteiger partial charge in [-0.15, -0.1) is 5.10 Å². The van der Waals surface area contributed by atoms with Crippen LogP contribution in [0, 0.1) is 13.8 Å². The predicted molar refractivity (Wildman–Crippen MR) is 56.4 cm³/mol. The van der Waals surface area contributed by atoms with E-state index in [2.05, 4.69) is 15.1 Å². The standard InChI is InChI=1S/C9H11ClN4O/c1-4-15-9-12-8-11-6(3)5(2)7(10)14(8)13-9/h4H2,1-3H3. The molecule has 0 aliphatic rings. The summed E-state index contributed by atoms with van der Waals surface area (Å²) in [5.41, 5.74) is 1.75. The van der Waals surface area contributed by atoms with Gasteiger partial charge in [0.1, 0.15) is 5.15 Å². The lowest BCUT2D eigenvalue weighted by Crippen LogP contribution is -1.99. The number of rotatable bonds is 2. The predicted octanol–water partition coefficient (Wildman–Crippen LogP) is 1.79. The van der Waals surface area contributed by atoms with Crippen LogP contribution in [0.5, 0.6) is 6.01 Å². The third-order valence-corrected chi connectivity index (χ3v) is 2.59. The fraction of sp³-hybridized carbons (Fsp3) is 0.444. The Bertz CT molecular complexity index is 508. The van der Waals surface area contributed by atoms with Gasteiger partial charge < -0.3 is 4.74 Å². The van der Waals surface area contributed by atoms with E-state index in [1.54, 1.807) is 0 Å². The van der Waals surface area contributed by atoms with Crippen molar-refractivity contribution < 1.29 is 4.74 Å². The van der Waals surface area contributed by atoms with E-state index in [0.29, 0.717) is 23.5 Å². The molecule has 0 radical (unpaired) electrons. The number of hydrogen-bond acceptors (Lipinski definition) is 4. The van der Waals surface area contributed by atoms with Crippen molar-refractivity contribution in [2.75, 3.05) is 6.61 Å². The van der Waals surface area contributed by atoms with Crippen molar-refractivity contribution in [3.05, 3.63) is 16.4 Å². The Labute approximate surface area is 92.1 Å². The Morgan fingerprint density at radius 1 is 1.33 bits per heavy atom. The Hall–Kier alpha value is -1.36. The van der Waals surface area contributed by atoms with Crippen molar-refractivity contribution in [3.63, 3.8) is 0 Å². The van der Waals surface area contributed by atoms with Crippen molar-refractivity contribution in [2.45, 2.75) is 20.8 Å². The molecule has 0 aliphatic heterocycles. The number of aryl methyl sites for hydroxylation is 1. The van der Waals surface area contributed by atoms with Gasteiger partial charge in [0.05, 0.1) is 6.61 Å². The Balaban J connectivity index is 2.65. The van der Waals surface area contributed by atoms with Gasteiger partial charge in [0.2, 0.25) is 0 Å². The maximum Gasteiger partial charge on any atom is 0.337 e. The topological polar surface area (TPSA) is 52.3 Å². The zero-order valence-electron chi connectivity index (χ0n) is 8.78. The molecule has 0 saturated carbocycles. The third-order valence-electron chi connectivity index (χ3n) is 2.15. The Morgan fingerprint density at radius 2 is 2.07 bits per heavy atom. The van der Waals surface area contributed by atoms with Crippen molar-refractivity contribution in [3.8, 4) is 6.01 Å². The lowest BCUT2D eigenvalue weighted by molar-refractivity contribution is 0.313. The minimum absolute atomic E-state index is 0.303. The largest absolute Gasteiger partial charge is 0.463 e. The molecule has 0 bridgehead atoms. The fourth-order valence-electron chi connectivity index (χ4n) is 1.22. The van der Waals surface area contributed by atoms with E-state index in [4.69, 9.17) is 16.3 Å². The molecule has 2 aromatic rings. The van der Waals surface area contributed by atoms with Crippen LogP contribution in [0.3, 0.4) is 0 Å². The summed E-state index contributed by atoms with van der Waals surface area (Å²) in [7, 11) is 0. The van der Waals surface area contributed by atoms with Crippen molar-refractivity contribution in [1.29, 1.82) is 0 Å². The molecule has 2 heterocycles. The van der Waals surface area contributed by atoms with E-state index >= 15 is 0 Å². The van der Waals surface area contributed by atoms with Crippen LogP contribution in [0.25, 0.3) is 5.78 Å². The van der Waals surface area contributed by atoms with Crippen LogP contribution in [-0.4, -0.2) is 26.2 Å². The van der Waals surface area contributed by atoms with Crippen LogP contribution >= 0.6 is 11.6 Å². The zero-order valence-corrected chi connectivity index (χ0v) is 9.54. The second-order valence-electron chi connectivity index (χ2n) is 3.15. The lowest BCUT2D eigenvalue weighted by Gasteiger charge is -2.01. The molecule has 0 fully saturated rings. The van der Waals surface area contributed by atoms with Gasteiger partial charge in [-0.05, 0) is 20.8 Å². The summed E-state index contributed by atoms with van der Waals surface area (Å²) < 4.78 is 6.66. The van der Waals surface area contributed by atoms with Crippen LogP contribution in [0.1, 0.15) is 18.2 Å². The molecule has 0 atom stereocenters. The fourth-order valence-corrected chi connectivity index (χ4v) is 1.47. The van der Waals surface area contributed by atoms with Gasteiger partial charge in [-0.1, -0.05) is 11.6 Å². The number of ether oxygens (including phenoxy) is 1. The summed E-state index contributed by atoms with van der Waals surface area (Å²) in [6.07, 6.45) is 0. The molecule has 0 spiro atoms. The lowest BCUT2D eigenvalue weighted by atomic mass is 10.3. The summed E-state index contributed by atoms with van der Waals surface area (Å²) in [6, 6.07) is 0.303. The molecule has 0 amide bonds. The van der Waals surface area contributed by atoms with E-state index in [1.807, 2.05) is 20.8 Å². The smallest absolute Gasteiger partial charge is 0.337 e. The number of nitrogens with zero attached hydrogens (tertiary/aromatic N) is 4. The Kier molecular flexibility index (Phi) is 2.48. The molecule has 2 aromatic heterocycles. The number of halogens is 1. The molecular formula is C9H11ClN4O. The van der Waals surface area contributed by atoms with Crippen LogP contribution in [0.2, 0.25) is 5.15 Å². The average molecular weight is 227 g/mol. The Morgan fingerprint density at radius 3 is 2.73 bits per heavy atom. The summed E-state index contributed by atoms with van der Waals surface area (Å²) in [5.74, 6) is 0.464. The molecule has 5 nitrogen and oxygen atoms in total. The highest BCUT2D eigenvalue weighted by Crippen LogP contribution is 2.19. The average Bonchev–Trinajstić information content (AvgIpc) is 2.58. The molecule has 80 valence electrons. The highest BCUT2D eigenvalue weighted by molar-refractivity contribution is 6.30. The van der Waals surface area contributed by atoms with Gasteiger partial charge >= 0.3 is 6.01 Å². The zero-order chi connectivity index (χ0) is 11.0. The third kappa shape index (κ3) is 1.63. The van der Waals surface area contributed by atoms with Crippen molar-refractivity contribution in [2.24, 2.45) is 0 Å². The van der Waals surface area contributed by atoms with Crippen molar-refractivity contribution in [1.82, 2.24) is 19.6 Å². The van der Waals surface area contributed by atoms with Gasteiger partial charge in [-0.2, -0.15) is 9.50 Å². The second kappa shape index (κ2) is 3.66. The minimum Gasteiger partial charge on any atom is -0.463 e. The molecular weight excluding hydrogens is 216 g/mol. The van der Waals surface area contributed by atoms with Gasteiger partial charge in [-0.25, -0.2) is 4.98 Å². The molecule has 0 aromatic carbocycles. The van der Waals surface area contributed by atoms with Gasteiger partial charge in [0.25, 0.3) is 5.78 Å². The SMILES string of the molecule is CCOc1nc2nc(C)c(C)c(Cl)n2n1. The first-order chi connectivity index (χ1) is 7.13. The number of hydrogen-bond donors (Lipinski definition) is 0. The molecule has 6 heteroatoms. The molecule has 0 aliphatic carbocycles. The summed E-state index contributed by atoms with van der Waals surface area (Å²) in [6.45, 7) is 6.17. The first-order valence-corrected chi connectivity index (χ1v) is 5.03. The van der Waals surface area contributed by atoms with E-state index in [-0.39, 0.29) is 0 Å². The minimum atomic E-state index is 0.303. The second-order valence-corrected chi connectivity index (χ2v) is 3.51. The molecule has 0 saturated heterocycles. The normalized spacial score (nSPS) is 10.9. The van der Waals surface area contributed by atoms with Gasteiger partial charge in [-0.3, -0.25) is 0 Å². The quantitative estimate of drug-likeness (QED) is 0.733. The van der Waals surface area contributed by atoms with Crippen LogP contribution in [0.15, 0.2) is 0 Å². The van der Waals surface area contributed by atoms with E-state index in [0.717, 1.165) is 11.3 Å².